The van der Waals surface area contributed by atoms with E-state index in [1.807, 2.05) is 18.5 Å². The zero-order valence-corrected chi connectivity index (χ0v) is 16.7. The molecule has 5 nitrogen and oxygen atoms in total. The van der Waals surface area contributed by atoms with Gasteiger partial charge in [0.15, 0.2) is 0 Å². The van der Waals surface area contributed by atoms with Gasteiger partial charge in [0.05, 0.1) is 0 Å². The van der Waals surface area contributed by atoms with Crippen LogP contribution in [0.1, 0.15) is 33.1 Å². The van der Waals surface area contributed by atoms with Crippen LogP contribution in [0.25, 0.3) is 10.8 Å². The number of hydrogen-bond donors (Lipinski definition) is 1. The number of benzene rings is 1. The number of likely N-dealkylation sites (tertiary alicyclic amines) is 1. The van der Waals surface area contributed by atoms with Gasteiger partial charge in [-0.05, 0) is 61.4 Å². The second-order valence-electron chi connectivity index (χ2n) is 7.53. The number of ether oxygens (including phenoxy) is 1. The van der Waals surface area contributed by atoms with Crippen molar-refractivity contribution in [1.29, 1.82) is 0 Å². The highest BCUT2D eigenvalue weighted by molar-refractivity contribution is 5.82. The number of aliphatic carboxylic acids is 1. The molecular weight excluding hydrogens is 385 g/mol. The Hall–Kier alpha value is -2.35. The van der Waals surface area contributed by atoms with Crippen LogP contribution >= 0.6 is 0 Å². The SMILES string of the molecule is CC(C)CCN1CCC(Oc2ccc3cnccc3c2)CC1.O=C(O)C(F)(F)F. The summed E-state index contributed by atoms with van der Waals surface area (Å²) in [5.74, 6) is -0.979. The minimum Gasteiger partial charge on any atom is -0.490 e. The Balaban J connectivity index is 0.000000370. The van der Waals surface area contributed by atoms with Crippen LogP contribution in [0, 0.1) is 5.92 Å². The molecule has 8 heteroatoms. The lowest BCUT2D eigenvalue weighted by atomic mass is 10.1. The monoisotopic (exact) mass is 412 g/mol. The van der Waals surface area contributed by atoms with Crippen molar-refractivity contribution in [2.75, 3.05) is 19.6 Å². The zero-order chi connectivity index (χ0) is 21.4. The Morgan fingerprint density at radius 3 is 2.48 bits per heavy atom. The third-order valence-electron chi connectivity index (χ3n) is 4.71. The normalized spacial score (nSPS) is 15.8. The second-order valence-corrected chi connectivity index (χ2v) is 7.53. The van der Waals surface area contributed by atoms with Crippen LogP contribution in [-0.4, -0.2) is 52.9 Å². The molecule has 1 saturated heterocycles. The standard InChI is InChI=1S/C19H26N2O.C2HF3O2/c1-15(2)6-10-21-11-7-18(8-12-21)22-19-4-3-17-14-20-9-5-16(17)13-19;3-2(4,5)1(6)7/h3-5,9,13-15,18H,6-8,10-12H2,1-2H3;(H,6,7). The number of carboxylic acid groups (broad SMARTS) is 1. The van der Waals surface area contributed by atoms with Crippen LogP contribution in [-0.2, 0) is 4.79 Å². The number of hydrogen-bond acceptors (Lipinski definition) is 4. The Morgan fingerprint density at radius 1 is 1.24 bits per heavy atom. The van der Waals surface area contributed by atoms with E-state index in [0.717, 1.165) is 37.6 Å². The molecule has 2 heterocycles. The van der Waals surface area contributed by atoms with Crippen molar-refractivity contribution in [2.45, 2.75) is 45.4 Å². The van der Waals surface area contributed by atoms with Gasteiger partial charge in [0.1, 0.15) is 11.9 Å². The number of piperidine rings is 1. The summed E-state index contributed by atoms with van der Waals surface area (Å²) in [4.78, 5) is 15.6. The van der Waals surface area contributed by atoms with Crippen LogP contribution in [0.3, 0.4) is 0 Å². The molecule has 2 aromatic rings. The molecule has 0 atom stereocenters. The smallest absolute Gasteiger partial charge is 0.490 e. The molecule has 1 fully saturated rings. The molecule has 3 rings (SSSR count). The van der Waals surface area contributed by atoms with Crippen LogP contribution in [0.5, 0.6) is 5.75 Å². The van der Waals surface area contributed by atoms with Crippen molar-refractivity contribution < 1.29 is 27.8 Å². The van der Waals surface area contributed by atoms with Gasteiger partial charge in [0.2, 0.25) is 0 Å². The first kappa shape index (κ1) is 22.9. The van der Waals surface area contributed by atoms with Gasteiger partial charge in [-0.3, -0.25) is 4.98 Å². The number of alkyl halides is 3. The average molecular weight is 412 g/mol. The molecule has 1 aliphatic heterocycles. The molecule has 0 bridgehead atoms. The third kappa shape index (κ3) is 7.89. The van der Waals surface area contributed by atoms with Gasteiger partial charge < -0.3 is 14.7 Å². The van der Waals surface area contributed by atoms with Crippen LogP contribution in [0.2, 0.25) is 0 Å². The van der Waals surface area contributed by atoms with Crippen molar-refractivity contribution in [3.63, 3.8) is 0 Å². The highest BCUT2D eigenvalue weighted by Gasteiger charge is 2.38. The van der Waals surface area contributed by atoms with Crippen molar-refractivity contribution in [3.8, 4) is 5.75 Å². The van der Waals surface area contributed by atoms with E-state index in [1.165, 1.54) is 23.7 Å². The number of rotatable bonds is 5. The number of carbonyl (C=O) groups is 1. The number of aromatic nitrogens is 1. The van der Waals surface area contributed by atoms with Gasteiger partial charge in [-0.1, -0.05) is 13.8 Å². The van der Waals surface area contributed by atoms with Crippen molar-refractivity contribution >= 4 is 16.7 Å². The fourth-order valence-electron chi connectivity index (χ4n) is 3.02. The van der Waals surface area contributed by atoms with Crippen LogP contribution < -0.4 is 4.74 Å². The fraction of sp³-hybridized carbons (Fsp3) is 0.524. The minimum absolute atomic E-state index is 0.356. The predicted octanol–water partition coefficient (Wildman–Crippen LogP) is 4.76. The lowest BCUT2D eigenvalue weighted by molar-refractivity contribution is -0.192. The van der Waals surface area contributed by atoms with Gasteiger partial charge in [-0.15, -0.1) is 0 Å². The number of pyridine rings is 1. The molecule has 1 aromatic carbocycles. The highest BCUT2D eigenvalue weighted by Crippen LogP contribution is 2.23. The fourth-order valence-corrected chi connectivity index (χ4v) is 3.02. The second kappa shape index (κ2) is 10.4. The molecule has 1 aromatic heterocycles. The first-order valence-electron chi connectivity index (χ1n) is 9.68. The summed E-state index contributed by atoms with van der Waals surface area (Å²) in [7, 11) is 0. The molecule has 0 aliphatic carbocycles. The number of halogens is 3. The molecule has 1 aliphatic rings. The number of fused-ring (bicyclic) bond motifs is 1. The van der Waals surface area contributed by atoms with E-state index in [0.29, 0.717) is 6.10 Å². The molecule has 160 valence electrons. The summed E-state index contributed by atoms with van der Waals surface area (Å²) >= 11 is 0. The molecule has 0 radical (unpaired) electrons. The van der Waals surface area contributed by atoms with E-state index in [4.69, 9.17) is 14.6 Å². The molecule has 0 saturated carbocycles. The van der Waals surface area contributed by atoms with E-state index in [1.54, 1.807) is 0 Å². The summed E-state index contributed by atoms with van der Waals surface area (Å²) < 4.78 is 37.9. The van der Waals surface area contributed by atoms with Gasteiger partial charge in [-0.25, -0.2) is 4.79 Å². The summed E-state index contributed by atoms with van der Waals surface area (Å²) in [6, 6.07) is 8.32. The summed E-state index contributed by atoms with van der Waals surface area (Å²) in [6.07, 6.45) is 2.56. The molecular formula is C21H27F3N2O3. The Morgan fingerprint density at radius 2 is 1.90 bits per heavy atom. The van der Waals surface area contributed by atoms with Crippen molar-refractivity contribution in [1.82, 2.24) is 9.88 Å². The average Bonchev–Trinajstić information content (AvgIpc) is 2.67. The summed E-state index contributed by atoms with van der Waals surface area (Å²) in [5, 5.41) is 9.49. The number of nitrogens with zero attached hydrogens (tertiary/aromatic N) is 2. The minimum atomic E-state index is -5.08. The third-order valence-corrected chi connectivity index (χ3v) is 4.71. The van der Waals surface area contributed by atoms with Crippen molar-refractivity contribution in [2.24, 2.45) is 5.92 Å². The van der Waals surface area contributed by atoms with Gasteiger partial charge >= 0.3 is 12.1 Å². The van der Waals surface area contributed by atoms with E-state index in [9.17, 15) is 13.2 Å². The maximum absolute atomic E-state index is 10.6. The lowest BCUT2D eigenvalue weighted by Gasteiger charge is -2.32. The van der Waals surface area contributed by atoms with Crippen LogP contribution in [0.15, 0.2) is 36.7 Å². The van der Waals surface area contributed by atoms with Crippen LogP contribution in [0.4, 0.5) is 13.2 Å². The topological polar surface area (TPSA) is 62.7 Å². The molecule has 0 spiro atoms. The van der Waals surface area contributed by atoms with E-state index in [2.05, 4.69) is 41.9 Å². The van der Waals surface area contributed by atoms with Gasteiger partial charge in [-0.2, -0.15) is 13.2 Å². The molecule has 1 N–H and O–H groups in total. The number of carboxylic acids is 1. The highest BCUT2D eigenvalue weighted by atomic mass is 19.4. The predicted molar refractivity (Wildman–Crippen MR) is 105 cm³/mol. The van der Waals surface area contributed by atoms with Crippen molar-refractivity contribution in [3.05, 3.63) is 36.7 Å². The first-order valence-corrected chi connectivity index (χ1v) is 9.68. The summed E-state index contributed by atoms with van der Waals surface area (Å²) in [6.45, 7) is 8.15. The Kier molecular flexibility index (Phi) is 8.25. The molecule has 0 amide bonds. The molecule has 29 heavy (non-hydrogen) atoms. The lowest BCUT2D eigenvalue weighted by Crippen LogP contribution is -2.39. The van der Waals surface area contributed by atoms with Gasteiger partial charge in [0.25, 0.3) is 0 Å². The summed E-state index contributed by atoms with van der Waals surface area (Å²) in [5.41, 5.74) is 0. The van der Waals surface area contributed by atoms with E-state index in [-0.39, 0.29) is 0 Å². The largest absolute Gasteiger partial charge is 0.490 e. The van der Waals surface area contributed by atoms with Gasteiger partial charge in [0, 0.05) is 30.9 Å². The molecule has 0 unspecified atom stereocenters. The maximum Gasteiger partial charge on any atom is 0.490 e. The van der Waals surface area contributed by atoms with E-state index >= 15 is 0 Å². The quantitative estimate of drug-likeness (QED) is 0.767. The van der Waals surface area contributed by atoms with E-state index < -0.39 is 12.1 Å². The zero-order valence-electron chi connectivity index (χ0n) is 16.7. The maximum atomic E-state index is 10.6. The Labute approximate surface area is 168 Å². The Bertz CT molecular complexity index is 788. The first-order chi connectivity index (χ1) is 13.6.